The first-order valence-corrected chi connectivity index (χ1v) is 6.08. The highest BCUT2D eigenvalue weighted by molar-refractivity contribution is 9.10. The molecular formula is C12H9BrN2O4. The van der Waals surface area contributed by atoms with Gasteiger partial charge >= 0.3 is 0 Å². The van der Waals surface area contributed by atoms with Gasteiger partial charge in [-0.1, -0.05) is 6.07 Å². The molecule has 0 aliphatic heterocycles. The number of nitro benzene ring substituents is 1. The van der Waals surface area contributed by atoms with E-state index in [0.717, 1.165) is 0 Å². The molecule has 1 amide bonds. The smallest absolute Gasteiger partial charge is 0.274 e. The Bertz CT molecular complexity index is 651. The van der Waals surface area contributed by atoms with E-state index in [0.29, 0.717) is 21.5 Å². The number of nitro groups is 1. The van der Waals surface area contributed by atoms with Gasteiger partial charge in [0.15, 0.2) is 4.67 Å². The van der Waals surface area contributed by atoms with Crippen LogP contribution in [-0.4, -0.2) is 10.8 Å². The van der Waals surface area contributed by atoms with Gasteiger partial charge in [0.2, 0.25) is 0 Å². The third-order valence-electron chi connectivity index (χ3n) is 2.61. The molecule has 2 aromatic rings. The average molecular weight is 325 g/mol. The number of halogens is 1. The van der Waals surface area contributed by atoms with Gasteiger partial charge in [0, 0.05) is 6.07 Å². The molecule has 1 N–H and O–H groups in total. The van der Waals surface area contributed by atoms with Crippen LogP contribution in [0.1, 0.15) is 15.9 Å². The molecule has 0 radical (unpaired) electrons. The SMILES string of the molecule is Cc1c(NC(=O)c2ccoc2Br)cccc1[N+](=O)[O-]. The minimum Gasteiger partial charge on any atom is -0.457 e. The fraction of sp³-hybridized carbons (Fsp3) is 0.0833. The van der Waals surface area contributed by atoms with Crippen molar-refractivity contribution in [2.45, 2.75) is 6.92 Å². The van der Waals surface area contributed by atoms with E-state index in [4.69, 9.17) is 4.42 Å². The Kier molecular flexibility index (Phi) is 3.66. The Morgan fingerprint density at radius 3 is 2.74 bits per heavy atom. The number of nitrogens with one attached hydrogen (secondary N) is 1. The second-order valence-electron chi connectivity index (χ2n) is 3.77. The summed E-state index contributed by atoms with van der Waals surface area (Å²) in [5, 5.41) is 13.4. The Morgan fingerprint density at radius 1 is 1.42 bits per heavy atom. The lowest BCUT2D eigenvalue weighted by atomic mass is 10.1. The number of hydrogen-bond acceptors (Lipinski definition) is 4. The van der Waals surface area contributed by atoms with E-state index < -0.39 is 10.8 Å². The van der Waals surface area contributed by atoms with Crippen molar-refractivity contribution >= 4 is 33.2 Å². The lowest BCUT2D eigenvalue weighted by molar-refractivity contribution is -0.385. The number of nitrogens with zero attached hydrogens (tertiary/aromatic N) is 1. The number of furan rings is 1. The Morgan fingerprint density at radius 2 is 2.16 bits per heavy atom. The molecule has 0 unspecified atom stereocenters. The van der Waals surface area contributed by atoms with Crippen molar-refractivity contribution in [1.82, 2.24) is 0 Å². The van der Waals surface area contributed by atoms with Crippen LogP contribution >= 0.6 is 15.9 Å². The van der Waals surface area contributed by atoms with Gasteiger partial charge < -0.3 is 9.73 Å². The summed E-state index contributed by atoms with van der Waals surface area (Å²) in [7, 11) is 0. The fourth-order valence-corrected chi connectivity index (χ4v) is 2.02. The molecule has 2 rings (SSSR count). The normalized spacial score (nSPS) is 10.2. The van der Waals surface area contributed by atoms with Gasteiger partial charge in [-0.15, -0.1) is 0 Å². The highest BCUT2D eigenvalue weighted by Gasteiger charge is 2.17. The number of carbonyl (C=O) groups excluding carboxylic acids is 1. The van der Waals surface area contributed by atoms with Crippen molar-refractivity contribution < 1.29 is 14.1 Å². The molecule has 0 bridgehead atoms. The summed E-state index contributed by atoms with van der Waals surface area (Å²) in [6.07, 6.45) is 1.37. The van der Waals surface area contributed by atoms with Crippen LogP contribution in [0.25, 0.3) is 0 Å². The summed E-state index contributed by atoms with van der Waals surface area (Å²) in [5.74, 6) is -0.399. The first-order valence-electron chi connectivity index (χ1n) is 5.29. The van der Waals surface area contributed by atoms with Gasteiger partial charge in [-0.25, -0.2) is 0 Å². The zero-order valence-corrected chi connectivity index (χ0v) is 11.4. The van der Waals surface area contributed by atoms with Gasteiger partial charge in [-0.3, -0.25) is 14.9 Å². The molecule has 19 heavy (non-hydrogen) atoms. The number of anilines is 1. The summed E-state index contributed by atoms with van der Waals surface area (Å²) in [6, 6.07) is 6.02. The summed E-state index contributed by atoms with van der Waals surface area (Å²) < 4.78 is 5.28. The first kappa shape index (κ1) is 13.3. The number of carbonyl (C=O) groups is 1. The fourth-order valence-electron chi connectivity index (χ4n) is 1.60. The zero-order chi connectivity index (χ0) is 14.0. The van der Waals surface area contributed by atoms with Gasteiger partial charge in [-0.05, 0) is 35.0 Å². The highest BCUT2D eigenvalue weighted by Crippen LogP contribution is 2.26. The van der Waals surface area contributed by atoms with E-state index in [1.54, 1.807) is 13.0 Å². The minimum atomic E-state index is -0.487. The average Bonchev–Trinajstić information content (AvgIpc) is 2.77. The lowest BCUT2D eigenvalue weighted by Crippen LogP contribution is -2.12. The molecule has 1 aromatic carbocycles. The molecular weight excluding hydrogens is 316 g/mol. The second-order valence-corrected chi connectivity index (χ2v) is 4.49. The van der Waals surface area contributed by atoms with Crippen molar-refractivity contribution in [3.05, 3.63) is 56.4 Å². The van der Waals surface area contributed by atoms with Crippen LogP contribution in [-0.2, 0) is 0 Å². The second kappa shape index (κ2) is 5.23. The van der Waals surface area contributed by atoms with E-state index in [1.165, 1.54) is 24.5 Å². The van der Waals surface area contributed by atoms with Crippen LogP contribution in [0.15, 0.2) is 39.6 Å². The predicted octanol–water partition coefficient (Wildman–Crippen LogP) is 3.51. The maximum absolute atomic E-state index is 12.0. The lowest BCUT2D eigenvalue weighted by Gasteiger charge is -2.07. The van der Waals surface area contributed by atoms with E-state index in [-0.39, 0.29) is 5.69 Å². The summed E-state index contributed by atoms with van der Waals surface area (Å²) in [4.78, 5) is 22.3. The molecule has 0 aliphatic rings. The third kappa shape index (κ3) is 2.65. The number of benzene rings is 1. The van der Waals surface area contributed by atoms with Crippen molar-refractivity contribution in [2.75, 3.05) is 5.32 Å². The zero-order valence-electron chi connectivity index (χ0n) is 9.84. The topological polar surface area (TPSA) is 85.4 Å². The molecule has 0 fully saturated rings. The van der Waals surface area contributed by atoms with E-state index in [9.17, 15) is 14.9 Å². The largest absolute Gasteiger partial charge is 0.457 e. The van der Waals surface area contributed by atoms with Crippen molar-refractivity contribution in [1.29, 1.82) is 0 Å². The molecule has 6 nitrogen and oxygen atoms in total. The Hall–Kier alpha value is -2.15. The van der Waals surface area contributed by atoms with Gasteiger partial charge in [0.05, 0.1) is 28.0 Å². The molecule has 0 aliphatic carbocycles. The molecule has 0 saturated carbocycles. The molecule has 0 saturated heterocycles. The minimum absolute atomic E-state index is 0.0379. The first-order chi connectivity index (χ1) is 9.00. The van der Waals surface area contributed by atoms with Crippen LogP contribution in [0.3, 0.4) is 0 Å². The van der Waals surface area contributed by atoms with Gasteiger partial charge in [0.25, 0.3) is 11.6 Å². The van der Waals surface area contributed by atoms with Crippen LogP contribution in [0, 0.1) is 17.0 Å². The molecule has 0 spiro atoms. The number of hydrogen-bond donors (Lipinski definition) is 1. The van der Waals surface area contributed by atoms with Crippen LogP contribution in [0.5, 0.6) is 0 Å². The Balaban J connectivity index is 2.30. The summed E-state index contributed by atoms with van der Waals surface area (Å²) in [6.45, 7) is 1.58. The maximum atomic E-state index is 12.0. The van der Waals surface area contributed by atoms with E-state index in [2.05, 4.69) is 21.2 Å². The summed E-state index contributed by atoms with van der Waals surface area (Å²) in [5.41, 5.74) is 1.09. The van der Waals surface area contributed by atoms with Crippen LogP contribution in [0.2, 0.25) is 0 Å². The van der Waals surface area contributed by atoms with E-state index >= 15 is 0 Å². The highest BCUT2D eigenvalue weighted by atomic mass is 79.9. The molecule has 1 heterocycles. The third-order valence-corrected chi connectivity index (χ3v) is 3.23. The van der Waals surface area contributed by atoms with Crippen LogP contribution < -0.4 is 5.32 Å². The quantitative estimate of drug-likeness (QED) is 0.691. The van der Waals surface area contributed by atoms with Gasteiger partial charge in [-0.2, -0.15) is 0 Å². The van der Waals surface area contributed by atoms with E-state index in [1.807, 2.05) is 0 Å². The summed E-state index contributed by atoms with van der Waals surface area (Å²) >= 11 is 3.10. The van der Waals surface area contributed by atoms with Crippen molar-refractivity contribution in [3.63, 3.8) is 0 Å². The molecule has 1 aromatic heterocycles. The van der Waals surface area contributed by atoms with Crippen molar-refractivity contribution in [2.24, 2.45) is 0 Å². The number of amides is 1. The molecule has 0 atom stereocenters. The van der Waals surface area contributed by atoms with Gasteiger partial charge in [0.1, 0.15) is 0 Å². The van der Waals surface area contributed by atoms with Crippen molar-refractivity contribution in [3.8, 4) is 0 Å². The number of rotatable bonds is 3. The molecule has 98 valence electrons. The van der Waals surface area contributed by atoms with Crippen LogP contribution in [0.4, 0.5) is 11.4 Å². The predicted molar refractivity (Wildman–Crippen MR) is 72.2 cm³/mol. The maximum Gasteiger partial charge on any atom is 0.274 e. The monoisotopic (exact) mass is 324 g/mol. The Labute approximate surface area is 116 Å². The molecule has 7 heteroatoms. The standard InChI is InChI=1S/C12H9BrN2O4/c1-7-9(3-2-4-10(7)15(17)18)14-12(16)8-5-6-19-11(8)13/h2-6H,1H3,(H,14,16).